The summed E-state index contributed by atoms with van der Waals surface area (Å²) in [6, 6.07) is 12.4. The maximum absolute atomic E-state index is 13.8. The van der Waals surface area contributed by atoms with Crippen LogP contribution in [0.2, 0.25) is 5.02 Å². The van der Waals surface area contributed by atoms with Crippen molar-refractivity contribution in [3.05, 3.63) is 86.0 Å². The van der Waals surface area contributed by atoms with E-state index < -0.39 is 0 Å². The molecule has 0 saturated heterocycles. The molecule has 3 aromatic rings. The maximum atomic E-state index is 13.8. The van der Waals surface area contributed by atoms with Gasteiger partial charge in [-0.3, -0.25) is 9.69 Å². The van der Waals surface area contributed by atoms with Crippen molar-refractivity contribution in [1.82, 2.24) is 14.9 Å². The van der Waals surface area contributed by atoms with E-state index in [2.05, 4.69) is 14.9 Å². The van der Waals surface area contributed by atoms with Crippen LogP contribution in [0.4, 0.5) is 4.39 Å². The van der Waals surface area contributed by atoms with E-state index in [-0.39, 0.29) is 11.4 Å². The predicted molar refractivity (Wildman–Crippen MR) is 104 cm³/mol. The van der Waals surface area contributed by atoms with Gasteiger partial charge in [-0.25, -0.2) is 9.37 Å². The van der Waals surface area contributed by atoms with Crippen LogP contribution in [0.5, 0.6) is 0 Å². The Morgan fingerprint density at radius 3 is 2.78 bits per heavy atom. The van der Waals surface area contributed by atoms with Crippen molar-refractivity contribution < 1.29 is 4.39 Å². The number of nitrogens with one attached hydrogen (secondary N) is 1. The molecule has 0 bridgehead atoms. The van der Waals surface area contributed by atoms with Crippen LogP contribution in [0, 0.1) is 12.7 Å². The van der Waals surface area contributed by atoms with Crippen molar-refractivity contribution in [2.45, 2.75) is 26.4 Å². The molecular weight excluding hydrogens is 365 g/mol. The van der Waals surface area contributed by atoms with E-state index in [9.17, 15) is 9.18 Å². The average molecular weight is 384 g/mol. The molecule has 0 unspecified atom stereocenters. The molecule has 1 aromatic heterocycles. The zero-order valence-electron chi connectivity index (χ0n) is 14.9. The summed E-state index contributed by atoms with van der Waals surface area (Å²) in [6.45, 7) is 3.69. The quantitative estimate of drug-likeness (QED) is 0.740. The topological polar surface area (TPSA) is 49.0 Å². The number of aromatic nitrogens is 2. The number of benzene rings is 2. The van der Waals surface area contributed by atoms with Gasteiger partial charge in [0.25, 0.3) is 5.56 Å². The maximum Gasteiger partial charge on any atom is 0.255 e. The molecule has 4 rings (SSSR count). The van der Waals surface area contributed by atoms with Crippen LogP contribution >= 0.6 is 11.6 Å². The number of hydrogen-bond donors (Lipinski definition) is 1. The SMILES string of the molecule is Cc1c(F)cccc1CN1CCc2nc(-c3ccc(Cl)cc3)[nH]c(=O)c2C1. The van der Waals surface area contributed by atoms with Crippen LogP contribution in [-0.4, -0.2) is 21.4 Å². The fraction of sp³-hybridized carbons (Fsp3) is 0.238. The minimum Gasteiger partial charge on any atom is -0.306 e. The summed E-state index contributed by atoms with van der Waals surface area (Å²) in [4.78, 5) is 22.3. The zero-order valence-corrected chi connectivity index (χ0v) is 15.7. The fourth-order valence-corrected chi connectivity index (χ4v) is 3.55. The Labute approximate surface area is 161 Å². The Morgan fingerprint density at radius 2 is 2.00 bits per heavy atom. The van der Waals surface area contributed by atoms with Crippen LogP contribution < -0.4 is 5.56 Å². The number of fused-ring (bicyclic) bond motifs is 1. The normalized spacial score (nSPS) is 14.2. The second-order valence-corrected chi connectivity index (χ2v) is 7.27. The highest BCUT2D eigenvalue weighted by molar-refractivity contribution is 6.30. The van der Waals surface area contributed by atoms with Gasteiger partial charge in [0.2, 0.25) is 0 Å². The third kappa shape index (κ3) is 3.66. The first-order chi connectivity index (χ1) is 13.0. The lowest BCUT2D eigenvalue weighted by Gasteiger charge is -2.28. The molecule has 4 nitrogen and oxygen atoms in total. The molecule has 1 N–H and O–H groups in total. The van der Waals surface area contributed by atoms with Gasteiger partial charge in [-0.1, -0.05) is 23.7 Å². The molecule has 0 fully saturated rings. The van der Waals surface area contributed by atoms with Crippen LogP contribution in [0.15, 0.2) is 47.3 Å². The minimum absolute atomic E-state index is 0.120. The third-order valence-electron chi connectivity index (χ3n) is 5.04. The fourth-order valence-electron chi connectivity index (χ4n) is 3.42. The lowest BCUT2D eigenvalue weighted by molar-refractivity contribution is 0.241. The highest BCUT2D eigenvalue weighted by Crippen LogP contribution is 2.22. The second kappa shape index (κ2) is 7.25. The highest BCUT2D eigenvalue weighted by atomic mass is 35.5. The van der Waals surface area contributed by atoms with Gasteiger partial charge in [-0.2, -0.15) is 0 Å². The molecule has 1 aliphatic heterocycles. The van der Waals surface area contributed by atoms with Gasteiger partial charge in [0, 0.05) is 36.6 Å². The molecule has 0 atom stereocenters. The molecule has 0 amide bonds. The first-order valence-electron chi connectivity index (χ1n) is 8.85. The highest BCUT2D eigenvalue weighted by Gasteiger charge is 2.22. The summed E-state index contributed by atoms with van der Waals surface area (Å²) in [5, 5.41) is 0.641. The molecular formula is C21H19ClFN3O. The van der Waals surface area contributed by atoms with E-state index in [4.69, 9.17) is 11.6 Å². The number of rotatable bonds is 3. The molecule has 2 heterocycles. The van der Waals surface area contributed by atoms with Crippen LogP contribution in [0.1, 0.15) is 22.4 Å². The molecule has 2 aromatic carbocycles. The van der Waals surface area contributed by atoms with E-state index >= 15 is 0 Å². The zero-order chi connectivity index (χ0) is 19.0. The number of halogens is 2. The molecule has 27 heavy (non-hydrogen) atoms. The van der Waals surface area contributed by atoms with Crippen molar-refractivity contribution in [3.63, 3.8) is 0 Å². The number of hydrogen-bond acceptors (Lipinski definition) is 3. The molecule has 0 radical (unpaired) electrons. The van der Waals surface area contributed by atoms with Crippen LogP contribution in [-0.2, 0) is 19.5 Å². The molecule has 0 aliphatic carbocycles. The lowest BCUT2D eigenvalue weighted by Crippen LogP contribution is -2.35. The first kappa shape index (κ1) is 17.9. The second-order valence-electron chi connectivity index (χ2n) is 6.83. The Hall–Kier alpha value is -2.50. The summed E-state index contributed by atoms with van der Waals surface area (Å²) >= 11 is 5.93. The predicted octanol–water partition coefficient (Wildman–Crippen LogP) is 4.10. The van der Waals surface area contributed by atoms with Crippen LogP contribution in [0.25, 0.3) is 11.4 Å². The minimum atomic E-state index is -0.197. The lowest BCUT2D eigenvalue weighted by atomic mass is 10.0. The third-order valence-corrected chi connectivity index (χ3v) is 5.29. The van der Waals surface area contributed by atoms with Crippen molar-refractivity contribution in [2.24, 2.45) is 0 Å². The smallest absolute Gasteiger partial charge is 0.255 e. The van der Waals surface area contributed by atoms with Crippen molar-refractivity contribution in [2.75, 3.05) is 6.54 Å². The van der Waals surface area contributed by atoms with Gasteiger partial charge < -0.3 is 4.98 Å². The largest absolute Gasteiger partial charge is 0.306 e. The summed E-state index contributed by atoms with van der Waals surface area (Å²) < 4.78 is 13.8. The van der Waals surface area contributed by atoms with E-state index in [1.807, 2.05) is 18.2 Å². The summed E-state index contributed by atoms with van der Waals surface area (Å²) in [5.41, 5.74) is 3.83. The van der Waals surface area contributed by atoms with Crippen LogP contribution in [0.3, 0.4) is 0 Å². The monoisotopic (exact) mass is 383 g/mol. The molecule has 138 valence electrons. The number of aromatic amines is 1. The number of nitrogens with zero attached hydrogens (tertiary/aromatic N) is 2. The summed E-state index contributed by atoms with van der Waals surface area (Å²) in [7, 11) is 0. The van der Waals surface area contributed by atoms with E-state index in [1.54, 1.807) is 25.1 Å². The Morgan fingerprint density at radius 1 is 1.22 bits per heavy atom. The Balaban J connectivity index is 1.59. The summed E-state index contributed by atoms with van der Waals surface area (Å²) in [6.07, 6.45) is 0.689. The number of H-pyrrole nitrogens is 1. The summed E-state index contributed by atoms with van der Waals surface area (Å²) in [5.74, 6) is 0.363. The van der Waals surface area contributed by atoms with Crippen molar-refractivity contribution in [1.29, 1.82) is 0 Å². The van der Waals surface area contributed by atoms with E-state index in [1.165, 1.54) is 6.07 Å². The van der Waals surface area contributed by atoms with Gasteiger partial charge in [0.05, 0.1) is 11.3 Å². The standard InChI is InChI=1S/C21H19ClFN3O/c1-13-15(3-2-4-18(13)23)11-26-10-9-19-17(12-26)21(27)25-20(24-19)14-5-7-16(22)8-6-14/h2-8H,9-12H2,1H3,(H,24,25,27). The Bertz CT molecular complexity index is 1050. The molecule has 6 heteroatoms. The van der Waals surface area contributed by atoms with E-state index in [0.29, 0.717) is 41.5 Å². The van der Waals surface area contributed by atoms with E-state index in [0.717, 1.165) is 23.4 Å². The molecule has 1 aliphatic rings. The van der Waals surface area contributed by atoms with Gasteiger partial charge in [0.1, 0.15) is 11.6 Å². The van der Waals surface area contributed by atoms with Crippen molar-refractivity contribution in [3.8, 4) is 11.4 Å². The average Bonchev–Trinajstić information content (AvgIpc) is 2.66. The van der Waals surface area contributed by atoms with Gasteiger partial charge in [0.15, 0.2) is 0 Å². The van der Waals surface area contributed by atoms with Crippen molar-refractivity contribution >= 4 is 11.6 Å². The van der Waals surface area contributed by atoms with Gasteiger partial charge in [-0.05, 0) is 48.4 Å². The first-order valence-corrected chi connectivity index (χ1v) is 9.23. The molecule has 0 spiro atoms. The Kier molecular flexibility index (Phi) is 4.81. The van der Waals surface area contributed by atoms with Gasteiger partial charge >= 0.3 is 0 Å². The molecule has 0 saturated carbocycles. The van der Waals surface area contributed by atoms with Gasteiger partial charge in [-0.15, -0.1) is 0 Å².